The van der Waals surface area contributed by atoms with Gasteiger partial charge in [0.15, 0.2) is 0 Å². The Labute approximate surface area is 126 Å². The molecule has 1 aliphatic rings. The van der Waals surface area contributed by atoms with Gasteiger partial charge >= 0.3 is 0 Å². The van der Waals surface area contributed by atoms with E-state index in [1.807, 2.05) is 44.2 Å². The van der Waals surface area contributed by atoms with Gasteiger partial charge in [0.25, 0.3) is 0 Å². The number of aliphatic hydroxyl groups is 1. The molecule has 3 rings (SSSR count). The van der Waals surface area contributed by atoms with Gasteiger partial charge in [-0.15, -0.1) is 0 Å². The molecule has 0 amide bonds. The Morgan fingerprint density at radius 2 is 1.81 bits per heavy atom. The van der Waals surface area contributed by atoms with E-state index in [1.165, 1.54) is 5.56 Å². The molecule has 0 bridgehead atoms. The minimum Gasteiger partial charge on any atom is -0.491 e. The van der Waals surface area contributed by atoms with Crippen LogP contribution in [0.4, 0.5) is 0 Å². The molecule has 2 aromatic rings. The molecule has 0 radical (unpaired) electrons. The van der Waals surface area contributed by atoms with E-state index in [4.69, 9.17) is 4.74 Å². The van der Waals surface area contributed by atoms with Crippen molar-refractivity contribution in [1.29, 1.82) is 0 Å². The van der Waals surface area contributed by atoms with Crippen molar-refractivity contribution in [2.75, 3.05) is 0 Å². The van der Waals surface area contributed by atoms with Crippen molar-refractivity contribution >= 4 is 0 Å². The Morgan fingerprint density at radius 1 is 1.05 bits per heavy atom. The monoisotopic (exact) mass is 282 g/mol. The number of benzene rings is 2. The van der Waals surface area contributed by atoms with Crippen LogP contribution in [0.25, 0.3) is 0 Å². The highest BCUT2D eigenvalue weighted by Gasteiger charge is 2.43. The summed E-state index contributed by atoms with van der Waals surface area (Å²) in [7, 11) is 0. The molecular formula is C19H22O2. The van der Waals surface area contributed by atoms with Crippen LogP contribution in [0.3, 0.4) is 0 Å². The standard InChI is InChI=1S/C19H22O2/c1-13(2)21-16-10-6-9-15(11-16)19(20)18-12-17(18)14-7-4-3-5-8-14/h3-11,13,17-20H,12H2,1-2H3. The highest BCUT2D eigenvalue weighted by molar-refractivity contribution is 5.33. The molecule has 3 unspecified atom stereocenters. The predicted molar refractivity (Wildman–Crippen MR) is 84.5 cm³/mol. The number of rotatable bonds is 5. The maximum atomic E-state index is 10.6. The summed E-state index contributed by atoms with van der Waals surface area (Å²) in [6, 6.07) is 18.3. The zero-order chi connectivity index (χ0) is 14.8. The van der Waals surface area contributed by atoms with E-state index >= 15 is 0 Å². The average Bonchev–Trinajstić information content (AvgIpc) is 3.27. The summed E-state index contributed by atoms with van der Waals surface area (Å²) in [5.41, 5.74) is 2.28. The van der Waals surface area contributed by atoms with Crippen LogP contribution < -0.4 is 4.74 Å². The minimum atomic E-state index is -0.411. The second-order valence-electron chi connectivity index (χ2n) is 6.10. The van der Waals surface area contributed by atoms with Crippen molar-refractivity contribution in [2.24, 2.45) is 5.92 Å². The molecule has 1 aliphatic carbocycles. The summed E-state index contributed by atoms with van der Waals surface area (Å²) >= 11 is 0. The second kappa shape index (κ2) is 5.90. The number of hydrogen-bond donors (Lipinski definition) is 1. The van der Waals surface area contributed by atoms with Crippen molar-refractivity contribution in [3.8, 4) is 5.75 Å². The van der Waals surface area contributed by atoms with Crippen molar-refractivity contribution in [1.82, 2.24) is 0 Å². The van der Waals surface area contributed by atoms with Crippen molar-refractivity contribution < 1.29 is 9.84 Å². The fourth-order valence-electron chi connectivity index (χ4n) is 2.94. The molecule has 0 spiro atoms. The van der Waals surface area contributed by atoms with Crippen LogP contribution in [0.15, 0.2) is 54.6 Å². The van der Waals surface area contributed by atoms with Gasteiger partial charge in [0.2, 0.25) is 0 Å². The lowest BCUT2D eigenvalue weighted by atomic mass is 10.0. The summed E-state index contributed by atoms with van der Waals surface area (Å²) < 4.78 is 5.71. The van der Waals surface area contributed by atoms with Crippen LogP contribution in [0.1, 0.15) is 43.4 Å². The lowest BCUT2D eigenvalue weighted by molar-refractivity contribution is 0.150. The van der Waals surface area contributed by atoms with Crippen LogP contribution in [0.2, 0.25) is 0 Å². The Bertz CT molecular complexity index is 592. The van der Waals surface area contributed by atoms with Gasteiger partial charge in [0.05, 0.1) is 12.2 Å². The third kappa shape index (κ3) is 3.27. The van der Waals surface area contributed by atoms with E-state index in [9.17, 15) is 5.11 Å². The fraction of sp³-hybridized carbons (Fsp3) is 0.368. The Hall–Kier alpha value is -1.80. The quantitative estimate of drug-likeness (QED) is 0.885. The topological polar surface area (TPSA) is 29.5 Å². The number of aliphatic hydroxyl groups excluding tert-OH is 1. The van der Waals surface area contributed by atoms with Crippen molar-refractivity contribution in [3.63, 3.8) is 0 Å². The first-order valence-electron chi connectivity index (χ1n) is 7.65. The normalized spacial score (nSPS) is 22.1. The molecule has 2 aromatic carbocycles. The van der Waals surface area contributed by atoms with Crippen LogP contribution in [-0.2, 0) is 0 Å². The molecule has 110 valence electrons. The zero-order valence-corrected chi connectivity index (χ0v) is 12.6. The van der Waals surface area contributed by atoms with Crippen molar-refractivity contribution in [3.05, 3.63) is 65.7 Å². The first kappa shape index (κ1) is 14.2. The number of hydrogen-bond acceptors (Lipinski definition) is 2. The smallest absolute Gasteiger partial charge is 0.120 e. The average molecular weight is 282 g/mol. The van der Waals surface area contributed by atoms with Gasteiger partial charge in [0, 0.05) is 0 Å². The maximum absolute atomic E-state index is 10.6. The summed E-state index contributed by atoms with van der Waals surface area (Å²) in [4.78, 5) is 0. The van der Waals surface area contributed by atoms with E-state index in [1.54, 1.807) is 0 Å². The fourth-order valence-corrected chi connectivity index (χ4v) is 2.94. The van der Waals surface area contributed by atoms with E-state index in [-0.39, 0.29) is 6.10 Å². The van der Waals surface area contributed by atoms with Gasteiger partial charge in [-0.25, -0.2) is 0 Å². The maximum Gasteiger partial charge on any atom is 0.120 e. The van der Waals surface area contributed by atoms with Crippen LogP contribution in [0, 0.1) is 5.92 Å². The number of ether oxygens (including phenoxy) is 1. The molecule has 21 heavy (non-hydrogen) atoms. The molecule has 0 aromatic heterocycles. The van der Waals surface area contributed by atoms with Gasteiger partial charge in [-0.05, 0) is 55.4 Å². The summed E-state index contributed by atoms with van der Waals surface area (Å²) in [5.74, 6) is 1.64. The summed E-state index contributed by atoms with van der Waals surface area (Å²) in [6.07, 6.45) is 0.793. The second-order valence-corrected chi connectivity index (χ2v) is 6.10. The first-order valence-corrected chi connectivity index (χ1v) is 7.65. The predicted octanol–water partition coefficient (Wildman–Crippen LogP) is 4.31. The van der Waals surface area contributed by atoms with Gasteiger partial charge in [-0.3, -0.25) is 0 Å². The van der Waals surface area contributed by atoms with Gasteiger partial charge in [0.1, 0.15) is 5.75 Å². The molecule has 3 atom stereocenters. The van der Waals surface area contributed by atoms with Crippen LogP contribution >= 0.6 is 0 Å². The Kier molecular flexibility index (Phi) is 3.98. The highest BCUT2D eigenvalue weighted by Crippen LogP contribution is 2.54. The van der Waals surface area contributed by atoms with E-state index < -0.39 is 6.10 Å². The van der Waals surface area contributed by atoms with Crippen LogP contribution in [0.5, 0.6) is 5.75 Å². The summed E-state index contributed by atoms with van der Waals surface area (Å²) in [5, 5.41) is 10.6. The molecule has 1 fully saturated rings. The molecule has 0 aliphatic heterocycles. The lowest BCUT2D eigenvalue weighted by Gasteiger charge is -2.14. The van der Waals surface area contributed by atoms with Gasteiger partial charge < -0.3 is 9.84 Å². The van der Waals surface area contributed by atoms with E-state index in [0.717, 1.165) is 17.7 Å². The van der Waals surface area contributed by atoms with Crippen LogP contribution in [-0.4, -0.2) is 11.2 Å². The van der Waals surface area contributed by atoms with Gasteiger partial charge in [-0.1, -0.05) is 42.5 Å². The lowest BCUT2D eigenvalue weighted by Crippen LogP contribution is -2.07. The molecule has 2 nitrogen and oxygen atoms in total. The molecule has 1 saturated carbocycles. The minimum absolute atomic E-state index is 0.149. The summed E-state index contributed by atoms with van der Waals surface area (Å²) in [6.45, 7) is 4.02. The largest absolute Gasteiger partial charge is 0.491 e. The van der Waals surface area contributed by atoms with E-state index in [0.29, 0.717) is 11.8 Å². The molecule has 0 heterocycles. The third-order valence-corrected chi connectivity index (χ3v) is 4.04. The molecule has 0 saturated heterocycles. The van der Waals surface area contributed by atoms with E-state index in [2.05, 4.69) is 24.3 Å². The third-order valence-electron chi connectivity index (χ3n) is 4.04. The van der Waals surface area contributed by atoms with Crippen molar-refractivity contribution in [2.45, 2.75) is 38.4 Å². The highest BCUT2D eigenvalue weighted by atomic mass is 16.5. The first-order chi connectivity index (χ1) is 10.1. The van der Waals surface area contributed by atoms with Gasteiger partial charge in [-0.2, -0.15) is 0 Å². The molecule has 2 heteroatoms. The zero-order valence-electron chi connectivity index (χ0n) is 12.6. The molecular weight excluding hydrogens is 260 g/mol. The Balaban J connectivity index is 1.71. The SMILES string of the molecule is CC(C)Oc1cccc(C(O)C2CC2c2ccccc2)c1. The Morgan fingerprint density at radius 3 is 2.52 bits per heavy atom. The molecule has 1 N–H and O–H groups in total.